The first-order valence-electron chi connectivity index (χ1n) is 3.30. The van der Waals surface area contributed by atoms with Crippen molar-refractivity contribution in [2.75, 3.05) is 0 Å². The van der Waals surface area contributed by atoms with Crippen LogP contribution in [-0.2, 0) is 0 Å². The van der Waals surface area contributed by atoms with E-state index in [1.807, 2.05) is 6.08 Å². The fourth-order valence-corrected chi connectivity index (χ4v) is 1.76. The van der Waals surface area contributed by atoms with Gasteiger partial charge in [-0.25, -0.2) is 0 Å². The Morgan fingerprint density at radius 1 is 1.56 bits per heavy atom. The highest BCUT2D eigenvalue weighted by Crippen LogP contribution is 2.42. The fraction of sp³-hybridized carbons (Fsp3) is 0.714. The van der Waals surface area contributed by atoms with Crippen molar-refractivity contribution in [3.8, 4) is 0 Å². The quantitative estimate of drug-likeness (QED) is 0.450. The van der Waals surface area contributed by atoms with E-state index < -0.39 is 11.7 Å². The first-order chi connectivity index (χ1) is 4.21. The van der Waals surface area contributed by atoms with Crippen molar-refractivity contribution >= 4 is 0 Å². The Bertz CT molecular complexity index is 164. The van der Waals surface area contributed by atoms with Crippen molar-refractivity contribution < 1.29 is 10.2 Å². The summed E-state index contributed by atoms with van der Waals surface area (Å²) in [7, 11) is 0. The molecule has 1 fully saturated rings. The van der Waals surface area contributed by atoms with Crippen molar-refractivity contribution in [3.05, 3.63) is 12.2 Å². The Morgan fingerprint density at radius 2 is 2.33 bits per heavy atom. The molecule has 2 bridgehead atoms. The molecule has 0 spiro atoms. The lowest BCUT2D eigenvalue weighted by atomic mass is 10.0. The second kappa shape index (κ2) is 1.39. The van der Waals surface area contributed by atoms with Gasteiger partial charge in [0.1, 0.15) is 5.60 Å². The van der Waals surface area contributed by atoms with Crippen molar-refractivity contribution in [1.29, 1.82) is 0 Å². The lowest BCUT2D eigenvalue weighted by Crippen LogP contribution is -2.34. The summed E-state index contributed by atoms with van der Waals surface area (Å²) >= 11 is 0. The van der Waals surface area contributed by atoms with Gasteiger partial charge in [0.25, 0.3) is 0 Å². The van der Waals surface area contributed by atoms with Gasteiger partial charge >= 0.3 is 0 Å². The van der Waals surface area contributed by atoms with E-state index in [0.29, 0.717) is 5.92 Å². The molecule has 2 N–H and O–H groups in total. The number of hydrogen-bond donors (Lipinski definition) is 2. The van der Waals surface area contributed by atoms with Gasteiger partial charge in [0.05, 0.1) is 6.10 Å². The first kappa shape index (κ1) is 5.45. The van der Waals surface area contributed by atoms with Gasteiger partial charge in [0, 0.05) is 0 Å². The van der Waals surface area contributed by atoms with E-state index in [2.05, 4.69) is 0 Å². The Kier molecular flexibility index (Phi) is 0.838. The van der Waals surface area contributed by atoms with Crippen molar-refractivity contribution in [3.63, 3.8) is 0 Å². The highest BCUT2D eigenvalue weighted by atomic mass is 16.3. The third-order valence-corrected chi connectivity index (χ3v) is 2.35. The summed E-state index contributed by atoms with van der Waals surface area (Å²) < 4.78 is 0. The Hall–Kier alpha value is -0.340. The van der Waals surface area contributed by atoms with E-state index in [4.69, 9.17) is 0 Å². The molecule has 2 nitrogen and oxygen atoms in total. The van der Waals surface area contributed by atoms with Crippen LogP contribution in [0.1, 0.15) is 12.8 Å². The van der Waals surface area contributed by atoms with Crippen LogP contribution in [0.2, 0.25) is 0 Å². The number of aliphatic hydroxyl groups is 2. The summed E-state index contributed by atoms with van der Waals surface area (Å²) in [6, 6.07) is 0. The topological polar surface area (TPSA) is 40.5 Å². The van der Waals surface area contributed by atoms with Gasteiger partial charge in [0.15, 0.2) is 0 Å². The lowest BCUT2D eigenvalue weighted by Gasteiger charge is -2.20. The molecule has 1 saturated carbocycles. The molecule has 2 aliphatic rings. The van der Waals surface area contributed by atoms with Gasteiger partial charge in [0.2, 0.25) is 0 Å². The van der Waals surface area contributed by atoms with Gasteiger partial charge in [-0.05, 0) is 18.8 Å². The molecule has 2 aliphatic carbocycles. The Balaban J connectivity index is 2.33. The van der Waals surface area contributed by atoms with E-state index in [-0.39, 0.29) is 0 Å². The van der Waals surface area contributed by atoms with E-state index in [0.717, 1.165) is 12.8 Å². The molecule has 0 aromatic carbocycles. The summed E-state index contributed by atoms with van der Waals surface area (Å²) in [6.45, 7) is 0. The molecular weight excluding hydrogens is 116 g/mol. The number of aliphatic hydroxyl groups excluding tert-OH is 1. The molecular formula is C7H10O2. The van der Waals surface area contributed by atoms with Crippen LogP contribution in [0.5, 0.6) is 0 Å². The van der Waals surface area contributed by atoms with E-state index >= 15 is 0 Å². The minimum Gasteiger partial charge on any atom is -0.390 e. The molecule has 0 heterocycles. The van der Waals surface area contributed by atoms with Crippen LogP contribution < -0.4 is 0 Å². The van der Waals surface area contributed by atoms with Crippen LogP contribution in [0.15, 0.2) is 12.2 Å². The van der Waals surface area contributed by atoms with E-state index in [1.54, 1.807) is 6.08 Å². The van der Waals surface area contributed by atoms with Crippen LogP contribution in [0.3, 0.4) is 0 Å². The van der Waals surface area contributed by atoms with Crippen molar-refractivity contribution in [2.24, 2.45) is 5.92 Å². The Morgan fingerprint density at radius 3 is 2.56 bits per heavy atom. The number of hydrogen-bond acceptors (Lipinski definition) is 2. The largest absolute Gasteiger partial charge is 0.390 e. The molecule has 0 aromatic rings. The number of rotatable bonds is 0. The molecule has 3 atom stereocenters. The molecule has 0 radical (unpaired) electrons. The molecule has 3 unspecified atom stereocenters. The SMILES string of the molecule is OC1CC2C=CC1(O)C2. The molecule has 9 heavy (non-hydrogen) atoms. The Labute approximate surface area is 53.8 Å². The fourth-order valence-electron chi connectivity index (χ4n) is 1.76. The maximum atomic E-state index is 9.47. The second-order valence-corrected chi connectivity index (χ2v) is 3.07. The molecule has 0 aromatic heterocycles. The van der Waals surface area contributed by atoms with Crippen molar-refractivity contribution in [2.45, 2.75) is 24.5 Å². The average Bonchev–Trinajstić information content (AvgIpc) is 2.22. The summed E-state index contributed by atoms with van der Waals surface area (Å²) in [4.78, 5) is 0. The zero-order chi connectivity index (χ0) is 6.48. The normalized spacial score (nSPS) is 54.9. The molecule has 2 heteroatoms. The summed E-state index contributed by atoms with van der Waals surface area (Å²) in [5.74, 6) is 0.435. The number of fused-ring (bicyclic) bond motifs is 2. The summed E-state index contributed by atoms with van der Waals surface area (Å²) in [5.41, 5.74) is -0.856. The van der Waals surface area contributed by atoms with Crippen LogP contribution in [0, 0.1) is 5.92 Å². The zero-order valence-electron chi connectivity index (χ0n) is 5.12. The molecule has 50 valence electrons. The van der Waals surface area contributed by atoms with Gasteiger partial charge in [-0.1, -0.05) is 12.2 Å². The summed E-state index contributed by atoms with van der Waals surface area (Å²) in [5, 5.41) is 18.7. The predicted molar refractivity (Wildman–Crippen MR) is 32.8 cm³/mol. The minimum absolute atomic E-state index is 0.435. The molecule has 2 rings (SSSR count). The molecule has 0 amide bonds. The van der Waals surface area contributed by atoms with Crippen LogP contribution in [-0.4, -0.2) is 21.9 Å². The lowest BCUT2D eigenvalue weighted by molar-refractivity contribution is -0.0150. The van der Waals surface area contributed by atoms with Crippen molar-refractivity contribution in [1.82, 2.24) is 0 Å². The average molecular weight is 126 g/mol. The smallest absolute Gasteiger partial charge is 0.109 e. The van der Waals surface area contributed by atoms with Gasteiger partial charge in [-0.2, -0.15) is 0 Å². The third kappa shape index (κ3) is 0.575. The minimum atomic E-state index is -0.856. The number of allylic oxidation sites excluding steroid dienone is 1. The zero-order valence-corrected chi connectivity index (χ0v) is 5.12. The summed E-state index contributed by atoms with van der Waals surface area (Å²) in [6.07, 6.45) is 4.69. The third-order valence-electron chi connectivity index (χ3n) is 2.35. The van der Waals surface area contributed by atoms with E-state index in [1.165, 1.54) is 0 Å². The first-order valence-corrected chi connectivity index (χ1v) is 3.30. The highest BCUT2D eigenvalue weighted by Gasteiger charge is 2.46. The van der Waals surface area contributed by atoms with Gasteiger partial charge in [-0.15, -0.1) is 0 Å². The molecule has 0 aliphatic heterocycles. The molecule has 0 saturated heterocycles. The second-order valence-electron chi connectivity index (χ2n) is 3.07. The standard InChI is InChI=1S/C7H10O2/c8-6-3-5-1-2-7(6,9)4-5/h1-2,5-6,8-9H,3-4H2. The van der Waals surface area contributed by atoms with Crippen LogP contribution in [0.25, 0.3) is 0 Å². The maximum absolute atomic E-state index is 9.47. The van der Waals surface area contributed by atoms with Gasteiger partial charge < -0.3 is 10.2 Å². The van der Waals surface area contributed by atoms with Gasteiger partial charge in [-0.3, -0.25) is 0 Å². The van der Waals surface area contributed by atoms with Crippen LogP contribution >= 0.6 is 0 Å². The predicted octanol–water partition coefficient (Wildman–Crippen LogP) is 0.0582. The highest BCUT2D eigenvalue weighted by molar-refractivity contribution is 5.20. The van der Waals surface area contributed by atoms with Crippen LogP contribution in [0.4, 0.5) is 0 Å². The maximum Gasteiger partial charge on any atom is 0.109 e. The monoisotopic (exact) mass is 126 g/mol. The van der Waals surface area contributed by atoms with E-state index in [9.17, 15) is 10.2 Å².